The van der Waals surface area contributed by atoms with E-state index in [1.807, 2.05) is 48.5 Å². The number of anilines is 1. The van der Waals surface area contributed by atoms with E-state index in [1.165, 1.54) is 0 Å². The number of nitrogens with one attached hydrogen (secondary N) is 1. The van der Waals surface area contributed by atoms with Gasteiger partial charge in [-0.3, -0.25) is 4.98 Å². The van der Waals surface area contributed by atoms with Crippen LogP contribution >= 0.6 is 0 Å². The summed E-state index contributed by atoms with van der Waals surface area (Å²) in [7, 11) is 0. The maximum Gasteiger partial charge on any atom is 0.237 e. The topological polar surface area (TPSA) is 67.3 Å². The highest BCUT2D eigenvalue weighted by Gasteiger charge is 2.01. The summed E-state index contributed by atoms with van der Waals surface area (Å²) in [6, 6.07) is 15.5. The molecule has 0 aliphatic heterocycles. The molecule has 1 aromatic heterocycles. The van der Waals surface area contributed by atoms with Crippen molar-refractivity contribution in [2.45, 2.75) is 13.2 Å². The molecule has 3 rings (SSSR count). The summed E-state index contributed by atoms with van der Waals surface area (Å²) in [5.41, 5.74) is 2.94. The van der Waals surface area contributed by atoms with Crippen molar-refractivity contribution in [2.24, 2.45) is 0 Å². The maximum absolute atomic E-state index is 9.32. The third kappa shape index (κ3) is 4.05. The summed E-state index contributed by atoms with van der Waals surface area (Å²) in [4.78, 5) is 8.03. The highest BCUT2D eigenvalue weighted by molar-refractivity contribution is 5.51. The fourth-order valence-corrected chi connectivity index (χ4v) is 2.16. The zero-order chi connectivity index (χ0) is 15.9. The lowest BCUT2D eigenvalue weighted by molar-refractivity contribution is 0.282. The van der Waals surface area contributed by atoms with Crippen LogP contribution in [-0.4, -0.2) is 15.1 Å². The summed E-state index contributed by atoms with van der Waals surface area (Å²) >= 11 is 0. The van der Waals surface area contributed by atoms with Gasteiger partial charge < -0.3 is 15.2 Å². The number of aliphatic hydroxyl groups excluding tert-OH is 1. The average Bonchev–Trinajstić information content (AvgIpc) is 2.62. The van der Waals surface area contributed by atoms with Crippen LogP contribution in [0.4, 0.5) is 5.69 Å². The molecule has 1 heterocycles. The van der Waals surface area contributed by atoms with Gasteiger partial charge in [0.15, 0.2) is 0 Å². The largest absolute Gasteiger partial charge is 0.438 e. The van der Waals surface area contributed by atoms with E-state index in [-0.39, 0.29) is 6.61 Å². The molecule has 0 bridgehead atoms. The van der Waals surface area contributed by atoms with Crippen molar-refractivity contribution >= 4 is 5.69 Å². The van der Waals surface area contributed by atoms with Gasteiger partial charge in [0.2, 0.25) is 5.88 Å². The lowest BCUT2D eigenvalue weighted by atomic mass is 10.1. The molecule has 0 spiro atoms. The molecule has 116 valence electrons. The van der Waals surface area contributed by atoms with E-state index in [1.54, 1.807) is 18.6 Å². The Bertz CT molecular complexity index is 746. The minimum Gasteiger partial charge on any atom is -0.438 e. The number of aromatic nitrogens is 2. The normalized spacial score (nSPS) is 10.3. The predicted octanol–water partition coefficient (Wildman–Crippen LogP) is 3.37. The molecular formula is C18H17N3O2. The summed E-state index contributed by atoms with van der Waals surface area (Å²) in [5, 5.41) is 12.7. The number of nitrogens with zero attached hydrogens (tertiary/aromatic N) is 2. The number of benzene rings is 2. The quantitative estimate of drug-likeness (QED) is 0.731. The van der Waals surface area contributed by atoms with Crippen LogP contribution < -0.4 is 10.1 Å². The van der Waals surface area contributed by atoms with E-state index in [2.05, 4.69) is 15.3 Å². The van der Waals surface area contributed by atoms with Gasteiger partial charge in [0.05, 0.1) is 12.8 Å². The highest BCUT2D eigenvalue weighted by Crippen LogP contribution is 2.20. The van der Waals surface area contributed by atoms with Crippen LogP contribution in [0.25, 0.3) is 0 Å². The molecule has 2 aromatic carbocycles. The van der Waals surface area contributed by atoms with Gasteiger partial charge in [-0.15, -0.1) is 0 Å². The molecule has 0 radical (unpaired) electrons. The number of aliphatic hydroxyl groups is 1. The zero-order valence-corrected chi connectivity index (χ0v) is 12.5. The Morgan fingerprint density at radius 3 is 2.57 bits per heavy atom. The number of rotatable bonds is 6. The second kappa shape index (κ2) is 7.38. The van der Waals surface area contributed by atoms with Crippen molar-refractivity contribution in [2.75, 3.05) is 5.32 Å². The fourth-order valence-electron chi connectivity index (χ4n) is 2.16. The molecule has 0 aliphatic carbocycles. The zero-order valence-electron chi connectivity index (χ0n) is 12.5. The van der Waals surface area contributed by atoms with Crippen molar-refractivity contribution < 1.29 is 9.84 Å². The number of hydrogen-bond donors (Lipinski definition) is 2. The van der Waals surface area contributed by atoms with Gasteiger partial charge >= 0.3 is 0 Å². The molecule has 0 saturated heterocycles. The van der Waals surface area contributed by atoms with Crippen molar-refractivity contribution in [1.82, 2.24) is 9.97 Å². The summed E-state index contributed by atoms with van der Waals surface area (Å²) in [6.45, 7) is 0.691. The van der Waals surface area contributed by atoms with Gasteiger partial charge in [-0.05, 0) is 23.8 Å². The molecule has 0 fully saturated rings. The van der Waals surface area contributed by atoms with E-state index in [4.69, 9.17) is 4.74 Å². The van der Waals surface area contributed by atoms with Crippen molar-refractivity contribution in [3.05, 3.63) is 78.2 Å². The van der Waals surface area contributed by atoms with Gasteiger partial charge in [0, 0.05) is 30.2 Å². The van der Waals surface area contributed by atoms with Crippen molar-refractivity contribution in [1.29, 1.82) is 0 Å². The first-order chi connectivity index (χ1) is 11.3. The van der Waals surface area contributed by atoms with Gasteiger partial charge in [0.25, 0.3) is 0 Å². The molecule has 0 aliphatic rings. The monoisotopic (exact) mass is 307 g/mol. The first kappa shape index (κ1) is 15.0. The SMILES string of the molecule is OCc1ccccc1NCc1ccc(Oc2cnccn2)cc1. The van der Waals surface area contributed by atoms with E-state index >= 15 is 0 Å². The Morgan fingerprint density at radius 2 is 1.83 bits per heavy atom. The molecule has 0 amide bonds. The number of ether oxygens (including phenoxy) is 1. The van der Waals surface area contributed by atoms with Crippen LogP contribution in [-0.2, 0) is 13.2 Å². The van der Waals surface area contributed by atoms with Crippen LogP contribution in [0, 0.1) is 0 Å². The molecule has 0 atom stereocenters. The van der Waals surface area contributed by atoms with Gasteiger partial charge in [-0.25, -0.2) is 4.98 Å². The molecule has 5 heteroatoms. The van der Waals surface area contributed by atoms with E-state index in [0.29, 0.717) is 18.2 Å². The van der Waals surface area contributed by atoms with Crippen LogP contribution in [0.15, 0.2) is 67.1 Å². The minimum atomic E-state index is 0.0219. The summed E-state index contributed by atoms with van der Waals surface area (Å²) in [5.74, 6) is 1.18. The van der Waals surface area contributed by atoms with E-state index < -0.39 is 0 Å². The summed E-state index contributed by atoms with van der Waals surface area (Å²) in [6.07, 6.45) is 4.76. The molecule has 0 saturated carbocycles. The van der Waals surface area contributed by atoms with Crippen LogP contribution in [0.5, 0.6) is 11.6 Å². The molecule has 0 unspecified atom stereocenters. The van der Waals surface area contributed by atoms with Gasteiger partial charge in [0.1, 0.15) is 5.75 Å². The minimum absolute atomic E-state index is 0.0219. The van der Waals surface area contributed by atoms with E-state index in [0.717, 1.165) is 16.8 Å². The summed E-state index contributed by atoms with van der Waals surface area (Å²) < 4.78 is 5.61. The Labute approximate surface area is 134 Å². The number of para-hydroxylation sites is 1. The number of hydrogen-bond acceptors (Lipinski definition) is 5. The van der Waals surface area contributed by atoms with Gasteiger partial charge in [-0.2, -0.15) is 0 Å². The van der Waals surface area contributed by atoms with E-state index in [9.17, 15) is 5.11 Å². The van der Waals surface area contributed by atoms with Crippen LogP contribution in [0.1, 0.15) is 11.1 Å². The van der Waals surface area contributed by atoms with Crippen LogP contribution in [0.3, 0.4) is 0 Å². The average molecular weight is 307 g/mol. The van der Waals surface area contributed by atoms with Crippen molar-refractivity contribution in [3.8, 4) is 11.6 Å². The predicted molar refractivity (Wildman–Crippen MR) is 88.2 cm³/mol. The van der Waals surface area contributed by atoms with Crippen LogP contribution in [0.2, 0.25) is 0 Å². The highest BCUT2D eigenvalue weighted by atomic mass is 16.5. The first-order valence-electron chi connectivity index (χ1n) is 7.30. The lowest BCUT2D eigenvalue weighted by Gasteiger charge is -2.11. The Balaban J connectivity index is 1.61. The molecule has 2 N–H and O–H groups in total. The third-order valence-electron chi connectivity index (χ3n) is 3.36. The smallest absolute Gasteiger partial charge is 0.237 e. The molecule has 3 aromatic rings. The maximum atomic E-state index is 9.32. The second-order valence-corrected chi connectivity index (χ2v) is 4.96. The second-order valence-electron chi connectivity index (χ2n) is 4.96. The van der Waals surface area contributed by atoms with Gasteiger partial charge in [-0.1, -0.05) is 30.3 Å². The Hall–Kier alpha value is -2.92. The fraction of sp³-hybridized carbons (Fsp3) is 0.111. The first-order valence-corrected chi connectivity index (χ1v) is 7.30. The Kier molecular flexibility index (Phi) is 4.81. The van der Waals surface area contributed by atoms with Crippen molar-refractivity contribution in [3.63, 3.8) is 0 Å². The molecule has 23 heavy (non-hydrogen) atoms. The standard InChI is InChI=1S/C18H17N3O2/c22-13-15-3-1-2-4-17(15)21-11-14-5-7-16(8-6-14)23-18-12-19-9-10-20-18/h1-10,12,21-22H,11,13H2. The third-order valence-corrected chi connectivity index (χ3v) is 3.36. The molecule has 5 nitrogen and oxygen atoms in total. The lowest BCUT2D eigenvalue weighted by Crippen LogP contribution is -2.02. The molecular weight excluding hydrogens is 290 g/mol. The Morgan fingerprint density at radius 1 is 1.00 bits per heavy atom.